The number of benzene rings is 3. The van der Waals surface area contributed by atoms with E-state index < -0.39 is 12.0 Å². The molecule has 2 fully saturated rings. The number of ketones is 1. The van der Waals surface area contributed by atoms with Crippen molar-refractivity contribution in [2.75, 3.05) is 25.0 Å². The zero-order chi connectivity index (χ0) is 30.0. The summed E-state index contributed by atoms with van der Waals surface area (Å²) in [4.78, 5) is 40.4. The topological polar surface area (TPSA) is 95.9 Å². The number of nitrogens with zero attached hydrogens (tertiary/aromatic N) is 1. The molecule has 0 aliphatic heterocycles. The first-order valence-electron chi connectivity index (χ1n) is 15.6. The third-order valence-electron chi connectivity index (χ3n) is 8.54. The van der Waals surface area contributed by atoms with E-state index in [0.717, 1.165) is 12.1 Å². The van der Waals surface area contributed by atoms with Crippen molar-refractivity contribution in [2.24, 2.45) is 11.8 Å². The van der Waals surface area contributed by atoms with Crippen molar-refractivity contribution >= 4 is 23.3 Å². The monoisotopic (exact) mass is 582 g/mol. The third kappa shape index (κ3) is 8.93. The van der Waals surface area contributed by atoms with Crippen molar-refractivity contribution in [3.05, 3.63) is 95.6 Å². The molecule has 0 radical (unpaired) electrons. The van der Waals surface area contributed by atoms with Crippen LogP contribution in [0.25, 0.3) is 0 Å². The van der Waals surface area contributed by atoms with E-state index in [0.29, 0.717) is 54.0 Å². The van der Waals surface area contributed by atoms with E-state index in [1.165, 1.54) is 44.9 Å². The minimum absolute atomic E-state index is 0.166. The van der Waals surface area contributed by atoms with Crippen LogP contribution in [-0.2, 0) is 16.0 Å². The molecule has 0 spiro atoms. The van der Waals surface area contributed by atoms with Gasteiger partial charge in [0.25, 0.3) is 0 Å². The van der Waals surface area contributed by atoms with Crippen LogP contribution >= 0.6 is 0 Å². The Balaban J connectivity index is 1.15. The predicted octanol–water partition coefficient (Wildman–Crippen LogP) is 6.61. The first-order chi connectivity index (χ1) is 21.0. The van der Waals surface area contributed by atoms with Crippen LogP contribution < -0.4 is 10.1 Å². The molecule has 1 atom stereocenters. The molecule has 226 valence electrons. The van der Waals surface area contributed by atoms with Crippen LogP contribution in [0.1, 0.15) is 72.9 Å². The number of ether oxygens (including phenoxy) is 1. The Hall–Kier alpha value is -4.13. The number of hydrogen-bond acceptors (Lipinski definition) is 5. The van der Waals surface area contributed by atoms with Crippen molar-refractivity contribution in [2.45, 2.75) is 63.8 Å². The highest BCUT2D eigenvalue weighted by atomic mass is 16.5. The lowest BCUT2D eigenvalue weighted by molar-refractivity contribution is -0.138. The van der Waals surface area contributed by atoms with E-state index in [1.54, 1.807) is 48.5 Å². The van der Waals surface area contributed by atoms with Gasteiger partial charge in [0, 0.05) is 36.2 Å². The third-order valence-corrected chi connectivity index (χ3v) is 8.54. The van der Waals surface area contributed by atoms with Gasteiger partial charge < -0.3 is 20.1 Å². The average Bonchev–Trinajstić information content (AvgIpc) is 3.86. The van der Waals surface area contributed by atoms with E-state index in [4.69, 9.17) is 4.74 Å². The second kappa shape index (κ2) is 14.9. The molecule has 3 aromatic carbocycles. The molecule has 43 heavy (non-hydrogen) atoms. The van der Waals surface area contributed by atoms with E-state index in [1.807, 2.05) is 35.2 Å². The molecular formula is C36H42N2O5. The summed E-state index contributed by atoms with van der Waals surface area (Å²) < 4.78 is 6.00. The fourth-order valence-corrected chi connectivity index (χ4v) is 5.87. The number of hydrogen-bond donors (Lipinski definition) is 2. The molecule has 1 unspecified atom stereocenters. The van der Waals surface area contributed by atoms with Gasteiger partial charge in [-0.25, -0.2) is 4.79 Å². The standard InChI is InChI=1S/C36H42N2O5/c39-34(24-26-9-3-1-4-10-26)38(25-28-15-16-28)21-22-43-30-19-17-27(18-20-30)23-33(36(41)42)37-32-14-8-7-13-31(32)35(40)29-11-5-2-6-12-29/h2,5-8,11-14,17-20,26,28,33,37H,1,3-4,9-10,15-16,21-25H2,(H,41,42). The van der Waals surface area contributed by atoms with Crippen molar-refractivity contribution in [1.82, 2.24) is 4.90 Å². The molecular weight excluding hydrogens is 540 g/mol. The fraction of sp³-hybridized carbons (Fsp3) is 0.417. The van der Waals surface area contributed by atoms with Gasteiger partial charge in [-0.05, 0) is 67.3 Å². The highest BCUT2D eigenvalue weighted by molar-refractivity contribution is 6.12. The summed E-state index contributed by atoms with van der Waals surface area (Å²) in [6.45, 7) is 1.83. The van der Waals surface area contributed by atoms with Gasteiger partial charge in [-0.15, -0.1) is 0 Å². The van der Waals surface area contributed by atoms with E-state index in [9.17, 15) is 19.5 Å². The van der Waals surface area contributed by atoms with Crippen LogP contribution in [0.3, 0.4) is 0 Å². The summed E-state index contributed by atoms with van der Waals surface area (Å²) >= 11 is 0. The number of para-hydroxylation sites is 1. The summed E-state index contributed by atoms with van der Waals surface area (Å²) in [5.41, 5.74) is 2.29. The van der Waals surface area contributed by atoms with Crippen molar-refractivity contribution in [3.63, 3.8) is 0 Å². The van der Waals surface area contributed by atoms with Crippen LogP contribution in [0.15, 0.2) is 78.9 Å². The van der Waals surface area contributed by atoms with Gasteiger partial charge in [0.2, 0.25) is 5.91 Å². The number of carboxylic acid groups (broad SMARTS) is 1. The summed E-state index contributed by atoms with van der Waals surface area (Å²) in [6.07, 6.45) is 9.41. The Labute approximate surface area is 254 Å². The van der Waals surface area contributed by atoms with Crippen molar-refractivity contribution in [3.8, 4) is 5.75 Å². The lowest BCUT2D eigenvalue weighted by Crippen LogP contribution is -2.37. The number of nitrogens with one attached hydrogen (secondary N) is 1. The van der Waals surface area contributed by atoms with Gasteiger partial charge >= 0.3 is 5.97 Å². The number of aliphatic carboxylic acids is 1. The molecule has 2 aliphatic carbocycles. The number of anilines is 1. The van der Waals surface area contributed by atoms with Gasteiger partial charge in [-0.1, -0.05) is 73.9 Å². The maximum atomic E-state index is 13.1. The number of amides is 1. The fourth-order valence-electron chi connectivity index (χ4n) is 5.87. The highest BCUT2D eigenvalue weighted by Crippen LogP contribution is 2.31. The lowest BCUT2D eigenvalue weighted by Gasteiger charge is -2.27. The molecule has 2 saturated carbocycles. The molecule has 0 aromatic heterocycles. The van der Waals surface area contributed by atoms with Crippen LogP contribution in [0.5, 0.6) is 5.75 Å². The number of carboxylic acids is 1. The molecule has 7 heteroatoms. The minimum Gasteiger partial charge on any atom is -0.492 e. The maximum absolute atomic E-state index is 13.1. The molecule has 1 amide bonds. The SMILES string of the molecule is O=C(c1ccccc1)c1ccccc1NC(Cc1ccc(OCCN(CC2CC2)C(=O)CC2CCCCC2)cc1)C(=O)O. The molecule has 5 rings (SSSR count). The Morgan fingerprint density at radius 3 is 2.23 bits per heavy atom. The average molecular weight is 583 g/mol. The molecule has 0 saturated heterocycles. The summed E-state index contributed by atoms with van der Waals surface area (Å²) in [5, 5.41) is 13.1. The Morgan fingerprint density at radius 1 is 0.837 bits per heavy atom. The lowest BCUT2D eigenvalue weighted by atomic mass is 9.86. The molecule has 7 nitrogen and oxygen atoms in total. The number of rotatable bonds is 15. The van der Waals surface area contributed by atoms with Crippen LogP contribution in [0.4, 0.5) is 5.69 Å². The summed E-state index contributed by atoms with van der Waals surface area (Å²) in [5.74, 6) is 0.939. The summed E-state index contributed by atoms with van der Waals surface area (Å²) in [6, 6.07) is 22.4. The van der Waals surface area contributed by atoms with Crippen molar-refractivity contribution in [1.29, 1.82) is 0 Å². The van der Waals surface area contributed by atoms with Crippen LogP contribution in [0, 0.1) is 11.8 Å². The smallest absolute Gasteiger partial charge is 0.326 e. The number of carbonyl (C=O) groups is 3. The van der Waals surface area contributed by atoms with E-state index in [2.05, 4.69) is 5.32 Å². The normalized spacial score (nSPS) is 15.8. The zero-order valence-corrected chi connectivity index (χ0v) is 24.8. The van der Waals surface area contributed by atoms with Gasteiger partial charge in [-0.2, -0.15) is 0 Å². The number of carbonyl (C=O) groups excluding carboxylic acids is 2. The molecule has 0 bridgehead atoms. The van der Waals surface area contributed by atoms with Crippen LogP contribution in [-0.4, -0.2) is 53.4 Å². The van der Waals surface area contributed by atoms with Gasteiger partial charge in [0.15, 0.2) is 5.78 Å². The maximum Gasteiger partial charge on any atom is 0.326 e. The molecule has 2 aliphatic rings. The van der Waals surface area contributed by atoms with Crippen LogP contribution in [0.2, 0.25) is 0 Å². The van der Waals surface area contributed by atoms with Gasteiger partial charge in [0.1, 0.15) is 18.4 Å². The Kier molecular flexibility index (Phi) is 10.5. The van der Waals surface area contributed by atoms with Crippen molar-refractivity contribution < 1.29 is 24.2 Å². The predicted molar refractivity (Wildman–Crippen MR) is 167 cm³/mol. The van der Waals surface area contributed by atoms with Gasteiger partial charge in [-0.3, -0.25) is 9.59 Å². The second-order valence-electron chi connectivity index (χ2n) is 12.0. The largest absolute Gasteiger partial charge is 0.492 e. The Bertz CT molecular complexity index is 1360. The highest BCUT2D eigenvalue weighted by Gasteiger charge is 2.28. The zero-order valence-electron chi connectivity index (χ0n) is 24.8. The first kappa shape index (κ1) is 30.3. The first-order valence-corrected chi connectivity index (χ1v) is 15.6. The van der Waals surface area contributed by atoms with Gasteiger partial charge in [0.05, 0.1) is 6.54 Å². The molecule has 3 aromatic rings. The van der Waals surface area contributed by atoms with E-state index in [-0.39, 0.29) is 18.1 Å². The molecule has 0 heterocycles. The molecule has 2 N–H and O–H groups in total. The summed E-state index contributed by atoms with van der Waals surface area (Å²) in [7, 11) is 0. The quantitative estimate of drug-likeness (QED) is 0.196. The van der Waals surface area contributed by atoms with E-state index >= 15 is 0 Å². The second-order valence-corrected chi connectivity index (χ2v) is 12.0. The Morgan fingerprint density at radius 2 is 1.53 bits per heavy atom. The minimum atomic E-state index is -1.00.